The summed E-state index contributed by atoms with van der Waals surface area (Å²) in [5, 5.41) is 0. The lowest BCUT2D eigenvalue weighted by molar-refractivity contribution is -0.137. The molecule has 0 N–H and O–H groups in total. The summed E-state index contributed by atoms with van der Waals surface area (Å²) in [5.41, 5.74) is 3.48. The number of anilines is 1. The van der Waals surface area contributed by atoms with Crippen LogP contribution in [0.5, 0.6) is 0 Å². The molecule has 26 heavy (non-hydrogen) atoms. The molecule has 4 heteroatoms. The molecular formula is C22H18F3N. The van der Waals surface area contributed by atoms with Gasteiger partial charge in [0.15, 0.2) is 0 Å². The minimum atomic E-state index is -4.34. The Balaban J connectivity index is 1.83. The van der Waals surface area contributed by atoms with E-state index in [0.717, 1.165) is 23.6 Å². The Morgan fingerprint density at radius 3 is 2.31 bits per heavy atom. The van der Waals surface area contributed by atoms with Gasteiger partial charge in [0.05, 0.1) is 11.6 Å². The van der Waals surface area contributed by atoms with Gasteiger partial charge in [-0.05, 0) is 41.3 Å². The first-order chi connectivity index (χ1) is 12.5. The summed E-state index contributed by atoms with van der Waals surface area (Å²) in [6.45, 7) is 0.678. The lowest BCUT2D eigenvalue weighted by Gasteiger charge is -2.39. The summed E-state index contributed by atoms with van der Waals surface area (Å²) in [4.78, 5) is 2.08. The zero-order valence-corrected chi connectivity index (χ0v) is 14.1. The largest absolute Gasteiger partial charge is 0.416 e. The highest BCUT2D eigenvalue weighted by molar-refractivity contribution is 5.57. The number of hydrogen-bond acceptors (Lipinski definition) is 1. The average molecular weight is 353 g/mol. The predicted octanol–water partition coefficient (Wildman–Crippen LogP) is 5.86. The molecule has 0 bridgehead atoms. The number of halogens is 3. The van der Waals surface area contributed by atoms with Crippen LogP contribution < -0.4 is 4.90 Å². The number of hydrogen-bond donors (Lipinski definition) is 0. The topological polar surface area (TPSA) is 3.24 Å². The average Bonchev–Trinajstić information content (AvgIpc) is 2.67. The molecule has 3 aromatic carbocycles. The van der Waals surface area contributed by atoms with E-state index in [4.69, 9.17) is 0 Å². The van der Waals surface area contributed by atoms with Crippen molar-refractivity contribution in [2.75, 3.05) is 11.4 Å². The van der Waals surface area contributed by atoms with Gasteiger partial charge in [-0.1, -0.05) is 60.7 Å². The zero-order chi connectivity index (χ0) is 18.1. The van der Waals surface area contributed by atoms with Crippen LogP contribution in [0.2, 0.25) is 0 Å². The third-order valence-corrected chi connectivity index (χ3v) is 4.90. The van der Waals surface area contributed by atoms with Gasteiger partial charge in [-0.3, -0.25) is 0 Å². The summed E-state index contributed by atoms with van der Waals surface area (Å²) >= 11 is 0. The first-order valence-corrected chi connectivity index (χ1v) is 8.61. The monoisotopic (exact) mass is 353 g/mol. The number of fused-ring (bicyclic) bond motifs is 1. The van der Waals surface area contributed by atoms with Crippen LogP contribution in [0.3, 0.4) is 0 Å². The van der Waals surface area contributed by atoms with Crippen molar-refractivity contribution in [3.63, 3.8) is 0 Å². The molecule has 0 radical (unpaired) electrons. The van der Waals surface area contributed by atoms with E-state index in [1.165, 1.54) is 17.7 Å². The number of rotatable bonds is 2. The maximum atomic E-state index is 13.2. The molecule has 132 valence electrons. The van der Waals surface area contributed by atoms with Crippen molar-refractivity contribution in [2.45, 2.75) is 18.6 Å². The predicted molar refractivity (Wildman–Crippen MR) is 97.2 cm³/mol. The lowest BCUT2D eigenvalue weighted by Crippen LogP contribution is -2.36. The second-order valence-electron chi connectivity index (χ2n) is 6.50. The zero-order valence-electron chi connectivity index (χ0n) is 14.1. The van der Waals surface area contributed by atoms with Gasteiger partial charge in [-0.25, -0.2) is 0 Å². The van der Waals surface area contributed by atoms with Crippen molar-refractivity contribution < 1.29 is 13.2 Å². The van der Waals surface area contributed by atoms with E-state index >= 15 is 0 Å². The van der Waals surface area contributed by atoms with Crippen LogP contribution in [0.1, 0.15) is 28.3 Å². The smallest absolute Gasteiger partial charge is 0.360 e. The van der Waals surface area contributed by atoms with E-state index in [-0.39, 0.29) is 6.04 Å². The van der Waals surface area contributed by atoms with Crippen molar-refractivity contribution in [3.05, 3.63) is 101 Å². The molecule has 1 nitrogen and oxygen atoms in total. The molecule has 0 saturated heterocycles. The van der Waals surface area contributed by atoms with Crippen molar-refractivity contribution in [3.8, 4) is 0 Å². The fraction of sp³-hybridized carbons (Fsp3) is 0.182. The highest BCUT2D eigenvalue weighted by Gasteiger charge is 2.33. The molecular weight excluding hydrogens is 335 g/mol. The molecule has 0 saturated carbocycles. The summed E-state index contributed by atoms with van der Waals surface area (Å²) in [5.74, 6) is 0. The molecule has 0 spiro atoms. The molecule has 0 unspecified atom stereocenters. The molecule has 1 aliphatic rings. The SMILES string of the molecule is FC(F)(F)c1cccc(N2CCc3ccccc3[C@@H]2c2ccccc2)c1. The van der Waals surface area contributed by atoms with Crippen molar-refractivity contribution in [2.24, 2.45) is 0 Å². The summed E-state index contributed by atoms with van der Waals surface area (Å²) in [6, 6.07) is 23.7. The molecule has 1 aliphatic heterocycles. The normalized spacial score (nSPS) is 17.0. The van der Waals surface area contributed by atoms with Gasteiger partial charge in [0.1, 0.15) is 0 Å². The highest BCUT2D eigenvalue weighted by atomic mass is 19.4. The fourth-order valence-electron chi connectivity index (χ4n) is 3.70. The summed E-state index contributed by atoms with van der Waals surface area (Å²) < 4.78 is 39.5. The van der Waals surface area contributed by atoms with Crippen LogP contribution in [0.15, 0.2) is 78.9 Å². The molecule has 1 atom stereocenters. The first-order valence-electron chi connectivity index (χ1n) is 8.61. The minimum Gasteiger partial charge on any atom is -0.360 e. The molecule has 0 fully saturated rings. The van der Waals surface area contributed by atoms with Gasteiger partial charge in [0.25, 0.3) is 0 Å². The maximum Gasteiger partial charge on any atom is 0.416 e. The highest BCUT2D eigenvalue weighted by Crippen LogP contribution is 2.40. The Labute approximate surface area is 150 Å². The Morgan fingerprint density at radius 2 is 1.54 bits per heavy atom. The fourth-order valence-corrected chi connectivity index (χ4v) is 3.70. The van der Waals surface area contributed by atoms with E-state index < -0.39 is 11.7 Å². The lowest BCUT2D eigenvalue weighted by atomic mass is 9.87. The Kier molecular flexibility index (Phi) is 4.19. The second kappa shape index (κ2) is 6.52. The Morgan fingerprint density at radius 1 is 0.808 bits per heavy atom. The van der Waals surface area contributed by atoms with Crippen LogP contribution in [-0.4, -0.2) is 6.54 Å². The number of nitrogens with zero attached hydrogens (tertiary/aromatic N) is 1. The van der Waals surface area contributed by atoms with Crippen LogP contribution in [-0.2, 0) is 12.6 Å². The summed E-state index contributed by atoms with van der Waals surface area (Å²) in [7, 11) is 0. The third kappa shape index (κ3) is 3.07. The molecule has 4 rings (SSSR count). The van der Waals surface area contributed by atoms with Gasteiger partial charge < -0.3 is 4.90 Å². The van der Waals surface area contributed by atoms with E-state index in [9.17, 15) is 13.2 Å². The number of benzene rings is 3. The molecule has 3 aromatic rings. The van der Waals surface area contributed by atoms with Crippen molar-refractivity contribution >= 4 is 5.69 Å². The quantitative estimate of drug-likeness (QED) is 0.558. The number of alkyl halides is 3. The van der Waals surface area contributed by atoms with E-state index in [0.29, 0.717) is 12.2 Å². The molecule has 0 aromatic heterocycles. The molecule has 0 amide bonds. The van der Waals surface area contributed by atoms with Gasteiger partial charge in [-0.15, -0.1) is 0 Å². The van der Waals surface area contributed by atoms with Crippen LogP contribution in [0.4, 0.5) is 18.9 Å². The van der Waals surface area contributed by atoms with Gasteiger partial charge in [0.2, 0.25) is 0 Å². The maximum absolute atomic E-state index is 13.2. The van der Waals surface area contributed by atoms with E-state index in [2.05, 4.69) is 17.0 Å². The van der Waals surface area contributed by atoms with Crippen LogP contribution in [0, 0.1) is 0 Å². The van der Waals surface area contributed by atoms with Crippen LogP contribution in [0.25, 0.3) is 0 Å². The Hall–Kier alpha value is -2.75. The van der Waals surface area contributed by atoms with Crippen molar-refractivity contribution in [1.29, 1.82) is 0 Å². The third-order valence-electron chi connectivity index (χ3n) is 4.90. The Bertz CT molecular complexity index is 903. The summed E-state index contributed by atoms with van der Waals surface area (Å²) in [6.07, 6.45) is -3.53. The first kappa shape index (κ1) is 16.7. The van der Waals surface area contributed by atoms with E-state index in [1.807, 2.05) is 42.5 Å². The van der Waals surface area contributed by atoms with Crippen molar-refractivity contribution in [1.82, 2.24) is 0 Å². The van der Waals surface area contributed by atoms with Crippen LogP contribution >= 0.6 is 0 Å². The van der Waals surface area contributed by atoms with Gasteiger partial charge in [0, 0.05) is 12.2 Å². The molecule has 0 aliphatic carbocycles. The standard InChI is InChI=1S/C22H18F3N/c23-22(24,25)18-10-6-11-19(15-18)26-14-13-16-7-4-5-12-20(16)21(26)17-8-2-1-3-9-17/h1-12,15,21H,13-14H2/t21-/m0/s1. The molecule has 1 heterocycles. The minimum absolute atomic E-state index is 0.0929. The second-order valence-corrected chi connectivity index (χ2v) is 6.50. The van der Waals surface area contributed by atoms with Gasteiger partial charge >= 0.3 is 6.18 Å². The van der Waals surface area contributed by atoms with Gasteiger partial charge in [-0.2, -0.15) is 13.2 Å². The van der Waals surface area contributed by atoms with E-state index in [1.54, 1.807) is 6.07 Å².